The molecule has 90 valence electrons. The van der Waals surface area contributed by atoms with Gasteiger partial charge >= 0.3 is 0 Å². The lowest BCUT2D eigenvalue weighted by Gasteiger charge is -2.09. The average Bonchev–Trinajstić information content (AvgIpc) is 2.73. The Morgan fingerprint density at radius 3 is 2.65 bits per heavy atom. The van der Waals surface area contributed by atoms with Crippen LogP contribution in [0.25, 0.3) is 5.69 Å². The molecular formula is C12H15ClN4. The number of rotatable bonds is 3. The lowest BCUT2D eigenvalue weighted by Crippen LogP contribution is -2.05. The number of aromatic nitrogens is 3. The highest BCUT2D eigenvalue weighted by molar-refractivity contribution is 6.32. The monoisotopic (exact) mass is 250 g/mol. The van der Waals surface area contributed by atoms with Gasteiger partial charge in [0.15, 0.2) is 5.82 Å². The molecule has 0 spiro atoms. The average molecular weight is 251 g/mol. The summed E-state index contributed by atoms with van der Waals surface area (Å²) >= 11 is 6.17. The summed E-state index contributed by atoms with van der Waals surface area (Å²) in [6, 6.07) is 7.57. The summed E-state index contributed by atoms with van der Waals surface area (Å²) in [6.07, 6.45) is 0. The van der Waals surface area contributed by atoms with Crippen molar-refractivity contribution in [3.05, 3.63) is 40.9 Å². The van der Waals surface area contributed by atoms with E-state index in [-0.39, 0.29) is 5.92 Å². The molecular weight excluding hydrogens is 236 g/mol. The van der Waals surface area contributed by atoms with Crippen molar-refractivity contribution < 1.29 is 0 Å². The highest BCUT2D eigenvalue weighted by Gasteiger charge is 2.15. The van der Waals surface area contributed by atoms with Crippen LogP contribution in [0, 0.1) is 0 Å². The van der Waals surface area contributed by atoms with Gasteiger partial charge in [0.1, 0.15) is 5.82 Å². The molecule has 0 atom stereocenters. The second-order valence-corrected chi connectivity index (χ2v) is 4.52. The zero-order chi connectivity index (χ0) is 12.4. The number of hydrogen-bond acceptors (Lipinski definition) is 3. The first-order valence-corrected chi connectivity index (χ1v) is 5.92. The maximum absolute atomic E-state index is 6.17. The minimum atomic E-state index is 0.263. The maximum Gasteiger partial charge on any atom is 0.164 e. The summed E-state index contributed by atoms with van der Waals surface area (Å²) in [5, 5.41) is 5.03. The summed E-state index contributed by atoms with van der Waals surface area (Å²) in [4.78, 5) is 4.41. The quantitative estimate of drug-likeness (QED) is 0.911. The topological polar surface area (TPSA) is 56.7 Å². The van der Waals surface area contributed by atoms with E-state index >= 15 is 0 Å². The van der Waals surface area contributed by atoms with E-state index in [2.05, 4.69) is 23.9 Å². The third kappa shape index (κ3) is 2.33. The van der Waals surface area contributed by atoms with E-state index in [4.69, 9.17) is 17.3 Å². The van der Waals surface area contributed by atoms with Gasteiger partial charge in [-0.1, -0.05) is 37.6 Å². The van der Waals surface area contributed by atoms with Crippen molar-refractivity contribution in [1.29, 1.82) is 0 Å². The van der Waals surface area contributed by atoms with Crippen LogP contribution in [-0.4, -0.2) is 14.8 Å². The zero-order valence-corrected chi connectivity index (χ0v) is 10.6. The van der Waals surface area contributed by atoms with Gasteiger partial charge in [0.05, 0.1) is 17.3 Å². The second-order valence-electron chi connectivity index (χ2n) is 4.11. The number of hydrogen-bond donors (Lipinski definition) is 1. The molecule has 1 heterocycles. The van der Waals surface area contributed by atoms with Crippen molar-refractivity contribution >= 4 is 11.6 Å². The van der Waals surface area contributed by atoms with Crippen LogP contribution >= 0.6 is 11.6 Å². The molecule has 0 aliphatic heterocycles. The number of nitrogens with zero attached hydrogens (tertiary/aromatic N) is 3. The molecule has 5 heteroatoms. The molecule has 0 radical (unpaired) electrons. The van der Waals surface area contributed by atoms with Crippen molar-refractivity contribution in [3.63, 3.8) is 0 Å². The largest absolute Gasteiger partial charge is 0.324 e. The maximum atomic E-state index is 6.17. The zero-order valence-electron chi connectivity index (χ0n) is 9.89. The highest BCUT2D eigenvalue weighted by atomic mass is 35.5. The van der Waals surface area contributed by atoms with Gasteiger partial charge in [-0.2, -0.15) is 0 Å². The highest BCUT2D eigenvalue weighted by Crippen LogP contribution is 2.23. The predicted octanol–water partition coefficient (Wildman–Crippen LogP) is 2.50. The molecule has 2 aromatic rings. The van der Waals surface area contributed by atoms with Gasteiger partial charge in [-0.05, 0) is 12.1 Å². The molecule has 0 saturated heterocycles. The molecule has 0 unspecified atom stereocenters. The van der Waals surface area contributed by atoms with Gasteiger partial charge in [0, 0.05) is 5.92 Å². The number of halogens is 1. The van der Waals surface area contributed by atoms with E-state index in [1.165, 1.54) is 0 Å². The van der Waals surface area contributed by atoms with Crippen LogP contribution in [-0.2, 0) is 6.54 Å². The fourth-order valence-corrected chi connectivity index (χ4v) is 1.85. The number of nitrogens with two attached hydrogens (primary N) is 1. The first-order valence-electron chi connectivity index (χ1n) is 5.54. The van der Waals surface area contributed by atoms with Crippen molar-refractivity contribution in [2.24, 2.45) is 5.73 Å². The van der Waals surface area contributed by atoms with Crippen LogP contribution in [0.1, 0.15) is 31.4 Å². The number of para-hydroxylation sites is 1. The molecule has 17 heavy (non-hydrogen) atoms. The van der Waals surface area contributed by atoms with Crippen LogP contribution in [0.5, 0.6) is 0 Å². The smallest absolute Gasteiger partial charge is 0.164 e. The van der Waals surface area contributed by atoms with E-state index in [9.17, 15) is 0 Å². The Labute approximate surface area is 105 Å². The molecule has 0 bridgehead atoms. The number of benzene rings is 1. The molecule has 1 aromatic carbocycles. The Balaban J connectivity index is 2.58. The molecule has 0 saturated carbocycles. The Kier molecular flexibility index (Phi) is 3.45. The first-order chi connectivity index (χ1) is 8.13. The summed E-state index contributed by atoms with van der Waals surface area (Å²) in [5.41, 5.74) is 6.42. The van der Waals surface area contributed by atoms with Crippen LogP contribution in [0.3, 0.4) is 0 Å². The SMILES string of the molecule is CC(C)c1nc(CN)nn1-c1ccccc1Cl. The van der Waals surface area contributed by atoms with Gasteiger partial charge in [0.25, 0.3) is 0 Å². The summed E-state index contributed by atoms with van der Waals surface area (Å²) in [6.45, 7) is 4.46. The van der Waals surface area contributed by atoms with E-state index in [1.807, 2.05) is 24.3 Å². The molecule has 0 aliphatic carbocycles. The Morgan fingerprint density at radius 2 is 2.06 bits per heavy atom. The van der Waals surface area contributed by atoms with Crippen molar-refractivity contribution in [3.8, 4) is 5.69 Å². The van der Waals surface area contributed by atoms with Gasteiger partial charge in [-0.15, -0.1) is 5.10 Å². The minimum Gasteiger partial charge on any atom is -0.324 e. The van der Waals surface area contributed by atoms with E-state index in [0.717, 1.165) is 11.5 Å². The third-order valence-corrected chi connectivity index (χ3v) is 2.78. The Hall–Kier alpha value is -1.39. The molecule has 0 amide bonds. The van der Waals surface area contributed by atoms with Gasteiger partial charge in [-0.3, -0.25) is 0 Å². The molecule has 1 aromatic heterocycles. The van der Waals surface area contributed by atoms with Crippen molar-refractivity contribution in [1.82, 2.24) is 14.8 Å². The molecule has 0 aliphatic rings. The third-order valence-electron chi connectivity index (χ3n) is 2.46. The second kappa shape index (κ2) is 4.85. The van der Waals surface area contributed by atoms with Gasteiger partial charge < -0.3 is 5.73 Å². The summed E-state index contributed by atoms with van der Waals surface area (Å²) in [5.74, 6) is 1.77. The molecule has 2 rings (SSSR count). The summed E-state index contributed by atoms with van der Waals surface area (Å²) in [7, 11) is 0. The molecule has 4 nitrogen and oxygen atoms in total. The van der Waals surface area contributed by atoms with E-state index in [1.54, 1.807) is 4.68 Å². The van der Waals surface area contributed by atoms with Crippen LogP contribution < -0.4 is 5.73 Å². The van der Waals surface area contributed by atoms with Crippen LogP contribution in [0.15, 0.2) is 24.3 Å². The Bertz CT molecular complexity index is 519. The van der Waals surface area contributed by atoms with Gasteiger partial charge in [-0.25, -0.2) is 9.67 Å². The first kappa shape index (κ1) is 12.1. The van der Waals surface area contributed by atoms with E-state index in [0.29, 0.717) is 17.4 Å². The molecule has 0 fully saturated rings. The Morgan fingerprint density at radius 1 is 1.35 bits per heavy atom. The van der Waals surface area contributed by atoms with Crippen molar-refractivity contribution in [2.45, 2.75) is 26.3 Å². The molecule has 2 N–H and O–H groups in total. The predicted molar refractivity (Wildman–Crippen MR) is 68.3 cm³/mol. The normalized spacial score (nSPS) is 11.1. The lowest BCUT2D eigenvalue weighted by molar-refractivity contribution is 0.713. The fourth-order valence-electron chi connectivity index (χ4n) is 1.63. The van der Waals surface area contributed by atoms with Crippen LogP contribution in [0.4, 0.5) is 0 Å². The van der Waals surface area contributed by atoms with Crippen LogP contribution in [0.2, 0.25) is 5.02 Å². The standard InChI is InChI=1S/C12H15ClN4/c1-8(2)12-15-11(7-14)16-17(12)10-6-4-3-5-9(10)13/h3-6,8H,7,14H2,1-2H3. The minimum absolute atomic E-state index is 0.263. The van der Waals surface area contributed by atoms with E-state index < -0.39 is 0 Å². The lowest BCUT2D eigenvalue weighted by atomic mass is 10.2. The summed E-state index contributed by atoms with van der Waals surface area (Å²) < 4.78 is 1.77. The fraction of sp³-hybridized carbons (Fsp3) is 0.333. The van der Waals surface area contributed by atoms with Crippen molar-refractivity contribution in [2.75, 3.05) is 0 Å². The van der Waals surface area contributed by atoms with Gasteiger partial charge in [0.2, 0.25) is 0 Å².